The van der Waals surface area contributed by atoms with Crippen LogP contribution in [0, 0.1) is 0 Å². The molecule has 0 aromatic rings. The summed E-state index contributed by atoms with van der Waals surface area (Å²) in [6.45, 7) is 6.34. The molecule has 0 aromatic heterocycles. The van der Waals surface area contributed by atoms with Crippen LogP contribution in [0.5, 0.6) is 0 Å². The highest BCUT2D eigenvalue weighted by Gasteiger charge is 2.19. The zero-order valence-electron chi connectivity index (χ0n) is 52.7. The van der Waals surface area contributed by atoms with Crippen LogP contribution >= 0.6 is 0 Å². The summed E-state index contributed by atoms with van der Waals surface area (Å²) in [4.78, 5) is 38.4. The topological polar surface area (TPSA) is 78.9 Å². The summed E-state index contributed by atoms with van der Waals surface area (Å²) >= 11 is 0. The summed E-state index contributed by atoms with van der Waals surface area (Å²) in [6, 6.07) is 0. The Labute approximate surface area is 504 Å². The lowest BCUT2D eigenvalue weighted by Crippen LogP contribution is -2.30. The van der Waals surface area contributed by atoms with Crippen LogP contribution in [0.4, 0.5) is 0 Å². The van der Waals surface area contributed by atoms with Gasteiger partial charge in [0.05, 0.1) is 0 Å². The molecular formula is C76H120O6. The average molecular weight is 1130 g/mol. The first-order valence-corrected chi connectivity index (χ1v) is 33.1. The highest BCUT2D eigenvalue weighted by Crippen LogP contribution is 2.15. The van der Waals surface area contributed by atoms with E-state index in [9.17, 15) is 14.4 Å². The fourth-order valence-electron chi connectivity index (χ4n) is 8.59. The van der Waals surface area contributed by atoms with E-state index in [0.29, 0.717) is 19.3 Å². The summed E-state index contributed by atoms with van der Waals surface area (Å²) in [6.07, 6.45) is 101. The van der Waals surface area contributed by atoms with E-state index in [0.717, 1.165) is 135 Å². The van der Waals surface area contributed by atoms with Crippen molar-refractivity contribution < 1.29 is 28.6 Å². The van der Waals surface area contributed by atoms with Crippen molar-refractivity contribution >= 4 is 17.9 Å². The van der Waals surface area contributed by atoms with Crippen LogP contribution < -0.4 is 0 Å². The third-order valence-corrected chi connectivity index (χ3v) is 13.5. The zero-order valence-corrected chi connectivity index (χ0v) is 52.7. The number of rotatable bonds is 58. The average Bonchev–Trinajstić information content (AvgIpc) is 3.47. The predicted octanol–water partition coefficient (Wildman–Crippen LogP) is 23.0. The van der Waals surface area contributed by atoms with E-state index in [1.54, 1.807) is 0 Å². The molecule has 6 heteroatoms. The van der Waals surface area contributed by atoms with Crippen LogP contribution in [0.25, 0.3) is 0 Å². The highest BCUT2D eigenvalue weighted by molar-refractivity contribution is 5.71. The molecule has 0 spiro atoms. The second-order valence-corrected chi connectivity index (χ2v) is 21.3. The monoisotopic (exact) mass is 1130 g/mol. The van der Waals surface area contributed by atoms with Gasteiger partial charge in [0.25, 0.3) is 0 Å². The van der Waals surface area contributed by atoms with Crippen LogP contribution in [-0.2, 0) is 28.6 Å². The van der Waals surface area contributed by atoms with Gasteiger partial charge >= 0.3 is 17.9 Å². The van der Waals surface area contributed by atoms with Crippen molar-refractivity contribution in [2.24, 2.45) is 0 Å². The minimum atomic E-state index is -0.828. The van der Waals surface area contributed by atoms with Gasteiger partial charge in [-0.1, -0.05) is 294 Å². The molecule has 0 fully saturated rings. The van der Waals surface area contributed by atoms with Crippen LogP contribution in [0.3, 0.4) is 0 Å². The Morgan fingerprint density at radius 3 is 0.793 bits per heavy atom. The number of carbonyl (C=O) groups excluding carboxylic acids is 3. The Balaban J connectivity index is 4.53. The molecule has 0 bridgehead atoms. The van der Waals surface area contributed by atoms with Gasteiger partial charge in [0.15, 0.2) is 6.10 Å². The van der Waals surface area contributed by atoms with E-state index >= 15 is 0 Å². The molecule has 0 saturated heterocycles. The van der Waals surface area contributed by atoms with E-state index in [1.807, 2.05) is 0 Å². The smallest absolute Gasteiger partial charge is 0.306 e. The van der Waals surface area contributed by atoms with Crippen molar-refractivity contribution in [1.82, 2.24) is 0 Å². The predicted molar refractivity (Wildman–Crippen MR) is 357 cm³/mol. The highest BCUT2D eigenvalue weighted by atomic mass is 16.6. The Bertz CT molecular complexity index is 1870. The summed E-state index contributed by atoms with van der Waals surface area (Å²) in [5.74, 6) is -1.01. The summed E-state index contributed by atoms with van der Waals surface area (Å²) in [5, 5.41) is 0. The second kappa shape index (κ2) is 68.3. The molecule has 0 aromatic carbocycles. The zero-order chi connectivity index (χ0) is 59.2. The molecule has 82 heavy (non-hydrogen) atoms. The minimum Gasteiger partial charge on any atom is -0.462 e. The molecule has 0 heterocycles. The lowest BCUT2D eigenvalue weighted by atomic mass is 10.0. The number of esters is 3. The molecular weight excluding hydrogens is 1010 g/mol. The maximum absolute atomic E-state index is 12.9. The van der Waals surface area contributed by atoms with Gasteiger partial charge in [-0.3, -0.25) is 14.4 Å². The van der Waals surface area contributed by atoms with Gasteiger partial charge in [-0.2, -0.15) is 0 Å². The van der Waals surface area contributed by atoms with Crippen molar-refractivity contribution in [1.29, 1.82) is 0 Å². The van der Waals surface area contributed by atoms with Crippen LogP contribution in [0.15, 0.2) is 170 Å². The van der Waals surface area contributed by atoms with Crippen LogP contribution in [-0.4, -0.2) is 37.2 Å². The number of hydrogen-bond acceptors (Lipinski definition) is 6. The van der Waals surface area contributed by atoms with Crippen LogP contribution in [0.2, 0.25) is 0 Å². The molecule has 1 unspecified atom stereocenters. The second-order valence-electron chi connectivity index (χ2n) is 21.3. The summed E-state index contributed by atoms with van der Waals surface area (Å²) in [7, 11) is 0. The van der Waals surface area contributed by atoms with E-state index in [4.69, 9.17) is 14.2 Å². The lowest BCUT2D eigenvalue weighted by molar-refractivity contribution is -0.167. The van der Waals surface area contributed by atoms with Gasteiger partial charge in [-0.15, -0.1) is 0 Å². The molecule has 0 saturated carbocycles. The molecule has 0 radical (unpaired) electrons. The maximum atomic E-state index is 12.9. The molecule has 0 amide bonds. The lowest BCUT2D eigenvalue weighted by Gasteiger charge is -2.18. The summed E-state index contributed by atoms with van der Waals surface area (Å²) < 4.78 is 16.9. The Hall–Kier alpha value is -5.23. The largest absolute Gasteiger partial charge is 0.462 e. The van der Waals surface area contributed by atoms with Crippen LogP contribution in [0.1, 0.15) is 271 Å². The van der Waals surface area contributed by atoms with E-state index < -0.39 is 6.10 Å². The molecule has 0 aliphatic rings. The quantitative estimate of drug-likeness (QED) is 0.0261. The normalized spacial score (nSPS) is 13.3. The number of allylic oxidation sites excluding steroid dienone is 28. The van der Waals surface area contributed by atoms with Gasteiger partial charge in [0.1, 0.15) is 13.2 Å². The number of unbranched alkanes of at least 4 members (excludes halogenated alkanes) is 19. The molecule has 1 atom stereocenters. The first kappa shape index (κ1) is 76.8. The fraction of sp³-hybridized carbons (Fsp3) is 0.592. The van der Waals surface area contributed by atoms with Crippen molar-refractivity contribution in [2.75, 3.05) is 13.2 Å². The number of hydrogen-bond donors (Lipinski definition) is 0. The van der Waals surface area contributed by atoms with Crippen molar-refractivity contribution in [2.45, 2.75) is 277 Å². The van der Waals surface area contributed by atoms with E-state index in [-0.39, 0.29) is 44.0 Å². The Morgan fingerprint density at radius 1 is 0.256 bits per heavy atom. The number of ether oxygens (including phenoxy) is 3. The van der Waals surface area contributed by atoms with Crippen molar-refractivity contribution in [3.63, 3.8) is 0 Å². The van der Waals surface area contributed by atoms with E-state index in [2.05, 4.69) is 191 Å². The standard InChI is InChI=1S/C76H120O6/c1-4-7-10-13-16-19-22-25-28-31-33-34-35-36-37-38-39-40-41-42-44-45-48-51-54-57-60-63-66-69-75(78)81-72-73(71-80-74(77)68-65-62-59-56-53-50-47-30-27-24-21-18-15-12-9-6-3)82-76(79)70-67-64-61-58-55-52-49-46-43-32-29-26-23-20-17-14-11-8-5-2/h7-8,10-11,16-17,19-20,25-26,28-29,33-34,36-37,39-40,42-44,46,48,51-52,55,57,60,73H,4-6,9,12-15,18,21-24,27,30-32,35,38,41,45,47,49-50,53-54,56,58-59,61-72H2,1-3H3/b10-7-,11-8-,19-16-,20-17-,28-25-,29-26-,34-33-,37-36-,40-39-,44-42-,46-43-,51-48-,55-52-,60-57-. The molecule has 0 rings (SSSR count). The molecule has 0 aliphatic carbocycles. The fourth-order valence-corrected chi connectivity index (χ4v) is 8.59. The molecule has 6 nitrogen and oxygen atoms in total. The summed E-state index contributed by atoms with van der Waals surface area (Å²) in [5.41, 5.74) is 0. The third-order valence-electron chi connectivity index (χ3n) is 13.5. The van der Waals surface area contributed by atoms with E-state index in [1.165, 1.54) is 83.5 Å². The minimum absolute atomic E-state index is 0.115. The third kappa shape index (κ3) is 65.6. The first-order valence-electron chi connectivity index (χ1n) is 33.1. The Kier molecular flexibility index (Phi) is 63.9. The molecule has 0 N–H and O–H groups in total. The first-order chi connectivity index (χ1) is 40.5. The maximum Gasteiger partial charge on any atom is 0.306 e. The van der Waals surface area contributed by atoms with Gasteiger partial charge < -0.3 is 14.2 Å². The SMILES string of the molecule is CC/C=C\C/C=C\C/C=C\C/C=C\C/C=C\C/C=C\C/C=C\C/C=C\C/C=C\CCCC(=O)OCC(COC(=O)CCCCCCCCCCCCCCCCCC)OC(=O)CCCCC/C=C\C/C=C\C/C=C\C/C=C\C/C=C\CC. The number of carbonyl (C=O) groups is 3. The van der Waals surface area contributed by atoms with Gasteiger partial charge in [0.2, 0.25) is 0 Å². The van der Waals surface area contributed by atoms with Gasteiger partial charge in [-0.25, -0.2) is 0 Å². The Morgan fingerprint density at radius 2 is 0.488 bits per heavy atom. The van der Waals surface area contributed by atoms with Gasteiger partial charge in [-0.05, 0) is 128 Å². The molecule has 0 aliphatic heterocycles. The van der Waals surface area contributed by atoms with Crippen molar-refractivity contribution in [3.05, 3.63) is 170 Å². The van der Waals surface area contributed by atoms with Crippen molar-refractivity contribution in [3.8, 4) is 0 Å². The molecule has 460 valence electrons. The van der Waals surface area contributed by atoms with Gasteiger partial charge in [0, 0.05) is 19.3 Å².